The van der Waals surface area contributed by atoms with Crippen LogP contribution in [0.25, 0.3) is 0 Å². The highest BCUT2D eigenvalue weighted by Gasteiger charge is 2.38. The lowest BCUT2D eigenvalue weighted by Crippen LogP contribution is -2.42. The van der Waals surface area contributed by atoms with E-state index in [4.69, 9.17) is 5.11 Å². The highest BCUT2D eigenvalue weighted by Crippen LogP contribution is 2.37. The first-order chi connectivity index (χ1) is 10.1. The molecule has 112 valence electrons. The highest BCUT2D eigenvalue weighted by molar-refractivity contribution is 5.96. The number of likely N-dealkylation sites (tertiary alicyclic amines) is 1. The van der Waals surface area contributed by atoms with E-state index >= 15 is 0 Å². The molecule has 0 bridgehead atoms. The molecule has 2 aliphatic rings. The predicted molar refractivity (Wildman–Crippen MR) is 74.8 cm³/mol. The van der Waals surface area contributed by atoms with Gasteiger partial charge in [-0.1, -0.05) is 6.42 Å². The molecule has 5 heteroatoms. The number of rotatable bonds is 3. The summed E-state index contributed by atoms with van der Waals surface area (Å²) in [6.07, 6.45) is 5.46. The summed E-state index contributed by atoms with van der Waals surface area (Å²) in [7, 11) is 0. The van der Waals surface area contributed by atoms with Gasteiger partial charge in [0.15, 0.2) is 0 Å². The molecule has 1 N–H and O–H groups in total. The smallest absolute Gasteiger partial charge is 0.335 e. The van der Waals surface area contributed by atoms with Crippen molar-refractivity contribution in [2.24, 2.45) is 5.92 Å². The van der Waals surface area contributed by atoms with Gasteiger partial charge < -0.3 is 10.0 Å². The van der Waals surface area contributed by atoms with Gasteiger partial charge in [0.1, 0.15) is 5.82 Å². The van der Waals surface area contributed by atoms with Crippen LogP contribution in [0.1, 0.15) is 52.8 Å². The molecule has 2 fully saturated rings. The third kappa shape index (κ3) is 2.52. The van der Waals surface area contributed by atoms with Crippen molar-refractivity contribution in [3.05, 3.63) is 35.1 Å². The van der Waals surface area contributed by atoms with E-state index in [1.165, 1.54) is 18.6 Å². The number of carbonyl (C=O) groups excluding carboxylic acids is 1. The number of hydrogen-bond acceptors (Lipinski definition) is 2. The quantitative estimate of drug-likeness (QED) is 0.931. The minimum absolute atomic E-state index is 0.0220. The summed E-state index contributed by atoms with van der Waals surface area (Å²) in [6.45, 7) is 0.667. The average molecular weight is 291 g/mol. The van der Waals surface area contributed by atoms with Crippen molar-refractivity contribution in [3.63, 3.8) is 0 Å². The van der Waals surface area contributed by atoms with Crippen molar-refractivity contribution < 1.29 is 19.1 Å². The number of nitrogens with zero attached hydrogens (tertiary/aromatic N) is 1. The zero-order chi connectivity index (χ0) is 15.0. The van der Waals surface area contributed by atoms with Gasteiger partial charge in [-0.15, -0.1) is 0 Å². The number of hydrogen-bond donors (Lipinski definition) is 1. The number of halogens is 1. The molecule has 1 atom stereocenters. The Morgan fingerprint density at radius 3 is 2.52 bits per heavy atom. The van der Waals surface area contributed by atoms with Gasteiger partial charge in [0.05, 0.1) is 11.1 Å². The molecular formula is C16H18FNO3. The zero-order valence-electron chi connectivity index (χ0n) is 11.7. The fraction of sp³-hybridized carbons (Fsp3) is 0.500. The van der Waals surface area contributed by atoms with Crippen LogP contribution in [0.3, 0.4) is 0 Å². The molecule has 1 aliphatic heterocycles. The molecule has 0 spiro atoms. The summed E-state index contributed by atoms with van der Waals surface area (Å²) >= 11 is 0. The molecule has 1 unspecified atom stereocenters. The van der Waals surface area contributed by atoms with Crippen molar-refractivity contribution in [2.45, 2.75) is 38.1 Å². The van der Waals surface area contributed by atoms with Crippen molar-refractivity contribution in [3.8, 4) is 0 Å². The molecule has 1 saturated heterocycles. The third-order valence-corrected chi connectivity index (χ3v) is 4.70. The monoisotopic (exact) mass is 291 g/mol. The second-order valence-corrected chi connectivity index (χ2v) is 5.90. The summed E-state index contributed by atoms with van der Waals surface area (Å²) in [5.41, 5.74) is -0.160. The van der Waals surface area contributed by atoms with E-state index in [0.29, 0.717) is 12.5 Å². The lowest BCUT2D eigenvalue weighted by Gasteiger charge is -2.37. The topological polar surface area (TPSA) is 57.6 Å². The van der Waals surface area contributed by atoms with Crippen LogP contribution in [0, 0.1) is 11.7 Å². The van der Waals surface area contributed by atoms with Crippen LogP contribution < -0.4 is 0 Å². The normalized spacial score (nSPS) is 22.1. The Morgan fingerprint density at radius 2 is 1.95 bits per heavy atom. The van der Waals surface area contributed by atoms with Gasteiger partial charge in [0.2, 0.25) is 0 Å². The molecule has 1 amide bonds. The Balaban J connectivity index is 1.82. The standard InChI is InChI=1S/C16H18FNO3/c17-13-9-11(16(20)21)6-7-12(13)15(19)18-8-2-5-14(18)10-3-1-4-10/h6-7,9-10,14H,1-5,8H2,(H,20,21). The van der Waals surface area contributed by atoms with Crippen molar-refractivity contribution in [2.75, 3.05) is 6.54 Å². The van der Waals surface area contributed by atoms with E-state index in [0.717, 1.165) is 31.7 Å². The van der Waals surface area contributed by atoms with Gasteiger partial charge in [-0.25, -0.2) is 9.18 Å². The Labute approximate surface area is 122 Å². The molecule has 1 aliphatic carbocycles. The lowest BCUT2D eigenvalue weighted by atomic mass is 9.78. The van der Waals surface area contributed by atoms with Gasteiger partial charge >= 0.3 is 5.97 Å². The Morgan fingerprint density at radius 1 is 1.19 bits per heavy atom. The second kappa shape index (κ2) is 5.47. The second-order valence-electron chi connectivity index (χ2n) is 5.90. The van der Waals surface area contributed by atoms with Gasteiger partial charge in [0.25, 0.3) is 5.91 Å². The van der Waals surface area contributed by atoms with Crippen molar-refractivity contribution in [1.29, 1.82) is 0 Å². The molecule has 0 aromatic heterocycles. The Hall–Kier alpha value is -1.91. The van der Waals surface area contributed by atoms with Gasteiger partial charge in [-0.05, 0) is 49.8 Å². The van der Waals surface area contributed by atoms with Crippen LogP contribution in [-0.4, -0.2) is 34.5 Å². The SMILES string of the molecule is O=C(O)c1ccc(C(=O)N2CCCC2C2CCC2)c(F)c1. The molecule has 3 rings (SSSR count). The summed E-state index contributed by atoms with van der Waals surface area (Å²) in [5, 5.41) is 8.84. The molecule has 1 saturated carbocycles. The maximum atomic E-state index is 14.0. The first-order valence-corrected chi connectivity index (χ1v) is 7.41. The first kappa shape index (κ1) is 14.0. The van der Waals surface area contributed by atoms with Gasteiger partial charge in [-0.2, -0.15) is 0 Å². The fourth-order valence-electron chi connectivity index (χ4n) is 3.34. The van der Waals surface area contributed by atoms with E-state index < -0.39 is 11.8 Å². The van der Waals surface area contributed by atoms with E-state index in [-0.39, 0.29) is 23.1 Å². The van der Waals surface area contributed by atoms with E-state index in [1.807, 2.05) is 0 Å². The number of benzene rings is 1. The maximum absolute atomic E-state index is 14.0. The van der Waals surface area contributed by atoms with Crippen molar-refractivity contribution in [1.82, 2.24) is 4.90 Å². The maximum Gasteiger partial charge on any atom is 0.335 e. The van der Waals surface area contributed by atoms with Crippen LogP contribution in [0.2, 0.25) is 0 Å². The highest BCUT2D eigenvalue weighted by atomic mass is 19.1. The van der Waals surface area contributed by atoms with E-state index in [1.54, 1.807) is 4.90 Å². The predicted octanol–water partition coefficient (Wildman–Crippen LogP) is 2.93. The lowest BCUT2D eigenvalue weighted by molar-refractivity contribution is 0.0619. The van der Waals surface area contributed by atoms with E-state index in [9.17, 15) is 14.0 Å². The number of carbonyl (C=O) groups is 2. The third-order valence-electron chi connectivity index (χ3n) is 4.70. The Bertz CT molecular complexity index is 583. The van der Waals surface area contributed by atoms with Crippen LogP contribution in [0.5, 0.6) is 0 Å². The molecule has 21 heavy (non-hydrogen) atoms. The minimum Gasteiger partial charge on any atom is -0.478 e. The molecule has 1 heterocycles. The molecule has 1 aromatic rings. The molecule has 4 nitrogen and oxygen atoms in total. The first-order valence-electron chi connectivity index (χ1n) is 7.41. The average Bonchev–Trinajstić information content (AvgIpc) is 2.84. The zero-order valence-corrected chi connectivity index (χ0v) is 11.7. The Kier molecular flexibility index (Phi) is 3.66. The summed E-state index contributed by atoms with van der Waals surface area (Å²) in [6, 6.07) is 3.72. The summed E-state index contributed by atoms with van der Waals surface area (Å²) in [5.74, 6) is -1.70. The molecule has 1 aromatic carbocycles. The van der Waals surface area contributed by atoms with Crippen molar-refractivity contribution >= 4 is 11.9 Å². The van der Waals surface area contributed by atoms with E-state index in [2.05, 4.69) is 0 Å². The number of amides is 1. The summed E-state index contributed by atoms with van der Waals surface area (Å²) in [4.78, 5) is 25.1. The number of carboxylic acids is 1. The molecular weight excluding hydrogens is 273 g/mol. The van der Waals surface area contributed by atoms with Crippen LogP contribution in [0.15, 0.2) is 18.2 Å². The largest absolute Gasteiger partial charge is 0.478 e. The van der Waals surface area contributed by atoms with Crippen LogP contribution in [-0.2, 0) is 0 Å². The number of carboxylic acid groups (broad SMARTS) is 1. The summed E-state index contributed by atoms with van der Waals surface area (Å²) < 4.78 is 14.0. The number of aromatic carboxylic acids is 1. The minimum atomic E-state index is -1.19. The fourth-order valence-corrected chi connectivity index (χ4v) is 3.34. The van der Waals surface area contributed by atoms with Gasteiger partial charge in [-0.3, -0.25) is 4.79 Å². The van der Waals surface area contributed by atoms with Crippen LogP contribution >= 0.6 is 0 Å². The molecule has 0 radical (unpaired) electrons. The van der Waals surface area contributed by atoms with Crippen LogP contribution in [0.4, 0.5) is 4.39 Å². The van der Waals surface area contributed by atoms with Gasteiger partial charge in [0, 0.05) is 12.6 Å².